The van der Waals surface area contributed by atoms with Crippen LogP contribution in [0.3, 0.4) is 0 Å². The lowest BCUT2D eigenvalue weighted by Gasteiger charge is -2.37. The number of ether oxygens (including phenoxy) is 2. The molecule has 2 aromatic rings. The highest BCUT2D eigenvalue weighted by molar-refractivity contribution is 7.10. The number of nitrogens with zero attached hydrogens (tertiary/aromatic N) is 2. The fourth-order valence-corrected chi connectivity index (χ4v) is 5.05. The number of fused-ring (bicyclic) bond motifs is 1. The van der Waals surface area contributed by atoms with Crippen LogP contribution in [-0.2, 0) is 20.7 Å². The minimum Gasteiger partial charge on any atom is -0.491 e. The third kappa shape index (κ3) is 5.05. The van der Waals surface area contributed by atoms with Gasteiger partial charge in [0, 0.05) is 29.6 Å². The number of amides is 2. The molecule has 1 aromatic heterocycles. The molecular weight excluding hydrogens is 436 g/mol. The molecule has 1 aliphatic carbocycles. The number of carbonyl (C=O) groups excluding carboxylic acids is 2. The second-order valence-electron chi connectivity index (χ2n) is 8.06. The molecule has 0 N–H and O–H groups in total. The molecule has 166 valence electrons. The second-order valence-corrected chi connectivity index (χ2v) is 9.47. The van der Waals surface area contributed by atoms with Crippen LogP contribution in [-0.4, -0.2) is 61.1 Å². The van der Waals surface area contributed by atoms with E-state index in [2.05, 4.69) is 11.4 Å². The van der Waals surface area contributed by atoms with Gasteiger partial charge in [-0.3, -0.25) is 9.59 Å². The Balaban J connectivity index is 1.50. The van der Waals surface area contributed by atoms with Crippen molar-refractivity contribution in [3.63, 3.8) is 0 Å². The minimum absolute atomic E-state index is 0.000909. The lowest BCUT2D eigenvalue weighted by atomic mass is 10.0. The zero-order chi connectivity index (χ0) is 22.0. The van der Waals surface area contributed by atoms with Gasteiger partial charge in [-0.15, -0.1) is 11.3 Å². The van der Waals surface area contributed by atoms with Gasteiger partial charge >= 0.3 is 0 Å². The molecule has 1 saturated carbocycles. The maximum absolute atomic E-state index is 13.3. The summed E-state index contributed by atoms with van der Waals surface area (Å²) in [6.45, 7) is 3.00. The molecule has 8 heteroatoms. The van der Waals surface area contributed by atoms with Crippen LogP contribution in [0.5, 0.6) is 5.75 Å². The van der Waals surface area contributed by atoms with E-state index < -0.39 is 0 Å². The summed E-state index contributed by atoms with van der Waals surface area (Å²) in [7, 11) is 1.50. The third-order valence-electron chi connectivity index (χ3n) is 5.83. The first-order valence-electron chi connectivity index (χ1n) is 10.5. The predicted molar refractivity (Wildman–Crippen MR) is 121 cm³/mol. The van der Waals surface area contributed by atoms with E-state index in [4.69, 9.17) is 21.1 Å². The molecule has 4 rings (SSSR count). The number of halogens is 1. The van der Waals surface area contributed by atoms with Crippen LogP contribution >= 0.6 is 22.9 Å². The normalized spacial score (nSPS) is 17.9. The number of rotatable bonds is 8. The Labute approximate surface area is 191 Å². The van der Waals surface area contributed by atoms with Crippen molar-refractivity contribution in [2.45, 2.75) is 38.3 Å². The van der Waals surface area contributed by atoms with Crippen molar-refractivity contribution in [2.24, 2.45) is 0 Å². The Bertz CT molecular complexity index is 959. The number of carbonyl (C=O) groups is 2. The van der Waals surface area contributed by atoms with Crippen molar-refractivity contribution in [3.8, 4) is 5.75 Å². The van der Waals surface area contributed by atoms with Gasteiger partial charge in [0.2, 0.25) is 11.8 Å². The molecule has 0 bridgehead atoms. The van der Waals surface area contributed by atoms with E-state index in [1.54, 1.807) is 16.2 Å². The Morgan fingerprint density at radius 3 is 2.81 bits per heavy atom. The second kappa shape index (κ2) is 9.59. The van der Waals surface area contributed by atoms with Crippen LogP contribution < -0.4 is 4.74 Å². The Hall–Kier alpha value is -2.09. The summed E-state index contributed by atoms with van der Waals surface area (Å²) in [5.41, 5.74) is 2.08. The minimum atomic E-state index is -0.183. The first-order chi connectivity index (χ1) is 15.0. The fraction of sp³-hybridized carbons (Fsp3) is 0.478. The van der Waals surface area contributed by atoms with Crippen molar-refractivity contribution < 1.29 is 19.1 Å². The topological polar surface area (TPSA) is 59.1 Å². The van der Waals surface area contributed by atoms with Crippen molar-refractivity contribution in [3.05, 3.63) is 50.7 Å². The molecule has 1 atom stereocenters. The molecule has 6 nitrogen and oxygen atoms in total. The molecular formula is C23H27ClN2O4S. The Morgan fingerprint density at radius 1 is 1.29 bits per heavy atom. The van der Waals surface area contributed by atoms with E-state index >= 15 is 0 Å². The zero-order valence-corrected chi connectivity index (χ0v) is 19.4. The van der Waals surface area contributed by atoms with Crippen LogP contribution in [0.25, 0.3) is 0 Å². The molecule has 2 aliphatic rings. The molecule has 1 fully saturated rings. The van der Waals surface area contributed by atoms with E-state index in [0.29, 0.717) is 18.2 Å². The number of hydrogen-bond donors (Lipinski definition) is 0. The zero-order valence-electron chi connectivity index (χ0n) is 17.8. The quantitative estimate of drug-likeness (QED) is 0.597. The van der Waals surface area contributed by atoms with E-state index in [1.807, 2.05) is 30.0 Å². The average molecular weight is 463 g/mol. The van der Waals surface area contributed by atoms with Gasteiger partial charge in [-0.2, -0.15) is 0 Å². The first kappa shape index (κ1) is 22.1. The molecule has 0 radical (unpaired) electrons. The predicted octanol–water partition coefficient (Wildman–Crippen LogP) is 3.85. The van der Waals surface area contributed by atoms with E-state index in [-0.39, 0.29) is 37.0 Å². The highest BCUT2D eigenvalue weighted by Crippen LogP contribution is 2.35. The van der Waals surface area contributed by atoms with Gasteiger partial charge in [0.15, 0.2) is 0 Å². The van der Waals surface area contributed by atoms with Crippen LogP contribution in [0.1, 0.15) is 34.9 Å². The molecule has 0 saturated heterocycles. The fourth-order valence-electron chi connectivity index (χ4n) is 4.01. The maximum atomic E-state index is 13.3. The van der Waals surface area contributed by atoms with Gasteiger partial charge in [-0.25, -0.2) is 0 Å². The van der Waals surface area contributed by atoms with Gasteiger partial charge in [-0.1, -0.05) is 11.6 Å². The number of thiophene rings is 1. The van der Waals surface area contributed by atoms with Gasteiger partial charge in [0.05, 0.1) is 6.04 Å². The van der Waals surface area contributed by atoms with Gasteiger partial charge < -0.3 is 19.3 Å². The van der Waals surface area contributed by atoms with Crippen LogP contribution in [0.4, 0.5) is 0 Å². The largest absolute Gasteiger partial charge is 0.491 e. The Morgan fingerprint density at radius 2 is 2.10 bits per heavy atom. The molecule has 1 aliphatic heterocycles. The van der Waals surface area contributed by atoms with Crippen molar-refractivity contribution >= 4 is 34.8 Å². The van der Waals surface area contributed by atoms with Crippen molar-refractivity contribution in [2.75, 3.05) is 33.4 Å². The van der Waals surface area contributed by atoms with Crippen LogP contribution in [0.15, 0.2) is 29.6 Å². The van der Waals surface area contributed by atoms with Gasteiger partial charge in [-0.05, 0) is 67.0 Å². The molecule has 31 heavy (non-hydrogen) atoms. The lowest BCUT2D eigenvalue weighted by Crippen LogP contribution is -2.49. The standard InChI is InChI=1S/C23H27ClN2O4S/c1-15-11-17(5-6-19(15)24)30-13-20-18-8-10-31-21(18)7-9-25(20)22(27)12-26(16-3-4-16)23(28)14-29-2/h5-6,8,10-11,16,20H,3-4,7,9,12-14H2,1-2H3. The third-order valence-corrected chi connectivity index (χ3v) is 7.25. The van der Waals surface area contributed by atoms with E-state index in [0.717, 1.165) is 36.1 Å². The number of methoxy groups -OCH3 is 1. The maximum Gasteiger partial charge on any atom is 0.249 e. The molecule has 0 spiro atoms. The summed E-state index contributed by atoms with van der Waals surface area (Å²) in [4.78, 5) is 30.6. The smallest absolute Gasteiger partial charge is 0.249 e. The van der Waals surface area contributed by atoms with E-state index in [9.17, 15) is 9.59 Å². The summed E-state index contributed by atoms with van der Waals surface area (Å²) in [6.07, 6.45) is 2.71. The summed E-state index contributed by atoms with van der Waals surface area (Å²) in [6, 6.07) is 7.62. The highest BCUT2D eigenvalue weighted by atomic mass is 35.5. The monoisotopic (exact) mass is 462 g/mol. The first-order valence-corrected chi connectivity index (χ1v) is 11.8. The van der Waals surface area contributed by atoms with Crippen molar-refractivity contribution in [1.82, 2.24) is 9.80 Å². The molecule has 2 amide bonds. The average Bonchev–Trinajstić information content (AvgIpc) is 3.48. The van der Waals surface area contributed by atoms with Crippen molar-refractivity contribution in [1.29, 1.82) is 0 Å². The highest BCUT2D eigenvalue weighted by Gasteiger charge is 2.37. The summed E-state index contributed by atoms with van der Waals surface area (Å²) in [5.74, 6) is 0.552. The van der Waals surface area contributed by atoms with Gasteiger partial charge in [0.1, 0.15) is 25.5 Å². The van der Waals surface area contributed by atoms with Gasteiger partial charge in [0.25, 0.3) is 0 Å². The Kier molecular flexibility index (Phi) is 6.84. The van der Waals surface area contributed by atoms with Crippen LogP contribution in [0.2, 0.25) is 5.02 Å². The summed E-state index contributed by atoms with van der Waals surface area (Å²) < 4.78 is 11.1. The number of aryl methyl sites for hydroxylation is 1. The number of hydrogen-bond acceptors (Lipinski definition) is 5. The summed E-state index contributed by atoms with van der Waals surface area (Å²) in [5, 5.41) is 2.76. The summed E-state index contributed by atoms with van der Waals surface area (Å²) >= 11 is 7.84. The number of benzene rings is 1. The molecule has 2 heterocycles. The van der Waals surface area contributed by atoms with Crippen LogP contribution in [0, 0.1) is 6.92 Å². The SMILES string of the molecule is COCC(=O)N(CC(=O)N1CCc2sccc2C1COc1ccc(Cl)c(C)c1)C1CC1. The molecule has 1 aromatic carbocycles. The lowest BCUT2D eigenvalue weighted by molar-refractivity contribution is -0.145. The molecule has 1 unspecified atom stereocenters. The van der Waals surface area contributed by atoms with E-state index in [1.165, 1.54) is 12.0 Å².